The van der Waals surface area contributed by atoms with Crippen LogP contribution in [0, 0.1) is 0 Å². The standard InChI is InChI=1S/C10H15NO/c1-10(2,12)9(11)8-6-4-3-5-7-8/h3-7,9,12H,11H2,1-2H3. The smallest absolute Gasteiger partial charge is 0.0783 e. The van der Waals surface area contributed by atoms with Crippen LogP contribution in [0.1, 0.15) is 25.5 Å². The Labute approximate surface area is 73.0 Å². The summed E-state index contributed by atoms with van der Waals surface area (Å²) in [5.74, 6) is 0. The highest BCUT2D eigenvalue weighted by atomic mass is 16.3. The van der Waals surface area contributed by atoms with Crippen molar-refractivity contribution in [2.45, 2.75) is 25.5 Å². The number of aliphatic hydroxyl groups is 1. The molecule has 0 aliphatic carbocycles. The lowest BCUT2D eigenvalue weighted by atomic mass is 9.93. The quantitative estimate of drug-likeness (QED) is 0.696. The molecule has 0 bridgehead atoms. The number of rotatable bonds is 2. The van der Waals surface area contributed by atoms with Crippen LogP contribution in [0.5, 0.6) is 0 Å². The van der Waals surface area contributed by atoms with Gasteiger partial charge in [-0.25, -0.2) is 0 Å². The fourth-order valence-corrected chi connectivity index (χ4v) is 1.07. The van der Waals surface area contributed by atoms with Gasteiger partial charge in [0.25, 0.3) is 0 Å². The third-order valence-electron chi connectivity index (χ3n) is 1.92. The Bertz CT molecular complexity index is 238. The van der Waals surface area contributed by atoms with Crippen molar-refractivity contribution in [3.05, 3.63) is 35.9 Å². The highest BCUT2D eigenvalue weighted by Gasteiger charge is 2.23. The topological polar surface area (TPSA) is 46.2 Å². The second kappa shape index (κ2) is 3.25. The van der Waals surface area contributed by atoms with Crippen LogP contribution in [-0.4, -0.2) is 10.7 Å². The maximum atomic E-state index is 9.61. The zero-order chi connectivity index (χ0) is 9.19. The highest BCUT2D eigenvalue weighted by Crippen LogP contribution is 2.21. The Morgan fingerprint density at radius 1 is 1.25 bits per heavy atom. The van der Waals surface area contributed by atoms with Crippen molar-refractivity contribution >= 4 is 0 Å². The van der Waals surface area contributed by atoms with Crippen LogP contribution in [0.15, 0.2) is 30.3 Å². The molecular formula is C10H15NO. The Kier molecular flexibility index (Phi) is 2.50. The molecule has 0 radical (unpaired) electrons. The molecule has 0 aliphatic rings. The van der Waals surface area contributed by atoms with Crippen LogP contribution < -0.4 is 5.73 Å². The largest absolute Gasteiger partial charge is 0.388 e. The molecule has 0 aliphatic heterocycles. The SMILES string of the molecule is CC(C)(O)C(N)c1ccccc1. The molecule has 0 heterocycles. The number of hydrogen-bond donors (Lipinski definition) is 2. The van der Waals surface area contributed by atoms with Crippen molar-refractivity contribution in [2.75, 3.05) is 0 Å². The van der Waals surface area contributed by atoms with Crippen LogP contribution >= 0.6 is 0 Å². The normalized spacial score (nSPS) is 14.3. The van der Waals surface area contributed by atoms with Gasteiger partial charge in [0.15, 0.2) is 0 Å². The molecule has 1 atom stereocenters. The van der Waals surface area contributed by atoms with E-state index < -0.39 is 5.60 Å². The minimum atomic E-state index is -0.860. The average molecular weight is 165 g/mol. The number of nitrogens with two attached hydrogens (primary N) is 1. The molecule has 3 N–H and O–H groups in total. The summed E-state index contributed by atoms with van der Waals surface area (Å²) in [7, 11) is 0. The van der Waals surface area contributed by atoms with Gasteiger partial charge in [-0.05, 0) is 19.4 Å². The van der Waals surface area contributed by atoms with Crippen molar-refractivity contribution in [2.24, 2.45) is 5.73 Å². The average Bonchev–Trinajstić information content (AvgIpc) is 2.03. The lowest BCUT2D eigenvalue weighted by Gasteiger charge is -2.25. The highest BCUT2D eigenvalue weighted by molar-refractivity contribution is 5.20. The number of hydrogen-bond acceptors (Lipinski definition) is 2. The maximum absolute atomic E-state index is 9.61. The molecule has 1 unspecified atom stereocenters. The zero-order valence-electron chi connectivity index (χ0n) is 7.49. The molecule has 0 amide bonds. The molecular weight excluding hydrogens is 150 g/mol. The van der Waals surface area contributed by atoms with Gasteiger partial charge in [-0.15, -0.1) is 0 Å². The van der Waals surface area contributed by atoms with E-state index in [0.29, 0.717) is 0 Å². The summed E-state index contributed by atoms with van der Waals surface area (Å²) < 4.78 is 0. The van der Waals surface area contributed by atoms with E-state index in [1.54, 1.807) is 13.8 Å². The molecule has 0 saturated carbocycles. The van der Waals surface area contributed by atoms with Crippen molar-refractivity contribution in [3.8, 4) is 0 Å². The van der Waals surface area contributed by atoms with Gasteiger partial charge >= 0.3 is 0 Å². The minimum absolute atomic E-state index is 0.321. The second-order valence-corrected chi connectivity index (χ2v) is 3.54. The summed E-state index contributed by atoms with van der Waals surface area (Å²) >= 11 is 0. The first-order valence-electron chi connectivity index (χ1n) is 4.04. The first-order chi connectivity index (χ1) is 5.52. The predicted octanol–water partition coefficient (Wildman–Crippen LogP) is 1.46. The van der Waals surface area contributed by atoms with Crippen LogP contribution in [0.3, 0.4) is 0 Å². The first-order valence-corrected chi connectivity index (χ1v) is 4.04. The third-order valence-corrected chi connectivity index (χ3v) is 1.92. The monoisotopic (exact) mass is 165 g/mol. The van der Waals surface area contributed by atoms with E-state index in [0.717, 1.165) is 5.56 Å². The van der Waals surface area contributed by atoms with E-state index in [1.807, 2.05) is 30.3 Å². The van der Waals surface area contributed by atoms with E-state index in [2.05, 4.69) is 0 Å². The Balaban J connectivity index is 2.86. The van der Waals surface area contributed by atoms with Gasteiger partial charge in [-0.3, -0.25) is 0 Å². The molecule has 0 spiro atoms. The van der Waals surface area contributed by atoms with Crippen LogP contribution in [0.2, 0.25) is 0 Å². The second-order valence-electron chi connectivity index (χ2n) is 3.54. The molecule has 0 saturated heterocycles. The maximum Gasteiger partial charge on any atom is 0.0783 e. The van der Waals surface area contributed by atoms with Gasteiger partial charge in [0.2, 0.25) is 0 Å². The Hall–Kier alpha value is -0.860. The summed E-state index contributed by atoms with van der Waals surface area (Å²) in [5.41, 5.74) is 5.93. The van der Waals surface area contributed by atoms with E-state index in [1.165, 1.54) is 0 Å². The van der Waals surface area contributed by atoms with Gasteiger partial charge in [-0.2, -0.15) is 0 Å². The molecule has 0 fully saturated rings. The van der Waals surface area contributed by atoms with Gasteiger partial charge in [0.1, 0.15) is 0 Å². The fraction of sp³-hybridized carbons (Fsp3) is 0.400. The van der Waals surface area contributed by atoms with Crippen LogP contribution in [-0.2, 0) is 0 Å². The molecule has 12 heavy (non-hydrogen) atoms. The summed E-state index contributed by atoms with van der Waals surface area (Å²) in [6, 6.07) is 9.28. The van der Waals surface area contributed by atoms with Crippen molar-refractivity contribution in [3.63, 3.8) is 0 Å². The Morgan fingerprint density at radius 2 is 1.75 bits per heavy atom. The van der Waals surface area contributed by atoms with Crippen LogP contribution in [0.4, 0.5) is 0 Å². The van der Waals surface area contributed by atoms with Crippen molar-refractivity contribution in [1.29, 1.82) is 0 Å². The van der Waals surface area contributed by atoms with Gasteiger partial charge in [0.05, 0.1) is 11.6 Å². The molecule has 2 nitrogen and oxygen atoms in total. The van der Waals surface area contributed by atoms with Crippen molar-refractivity contribution in [1.82, 2.24) is 0 Å². The minimum Gasteiger partial charge on any atom is -0.388 e. The van der Waals surface area contributed by atoms with E-state index in [-0.39, 0.29) is 6.04 Å². The zero-order valence-corrected chi connectivity index (χ0v) is 7.49. The molecule has 66 valence electrons. The van der Waals surface area contributed by atoms with E-state index >= 15 is 0 Å². The molecule has 2 heteroatoms. The van der Waals surface area contributed by atoms with E-state index in [9.17, 15) is 5.11 Å². The fourth-order valence-electron chi connectivity index (χ4n) is 1.07. The summed E-state index contributed by atoms with van der Waals surface area (Å²) in [4.78, 5) is 0. The summed E-state index contributed by atoms with van der Waals surface area (Å²) in [6.07, 6.45) is 0. The van der Waals surface area contributed by atoms with Crippen LogP contribution in [0.25, 0.3) is 0 Å². The summed E-state index contributed by atoms with van der Waals surface area (Å²) in [6.45, 7) is 3.43. The van der Waals surface area contributed by atoms with Gasteiger partial charge in [-0.1, -0.05) is 30.3 Å². The summed E-state index contributed by atoms with van der Waals surface area (Å²) in [5, 5.41) is 9.61. The molecule has 0 aromatic heterocycles. The van der Waals surface area contributed by atoms with Crippen molar-refractivity contribution < 1.29 is 5.11 Å². The third kappa shape index (κ3) is 2.06. The molecule has 1 aromatic carbocycles. The molecule has 1 rings (SSSR count). The molecule has 1 aromatic rings. The lowest BCUT2D eigenvalue weighted by Crippen LogP contribution is -2.34. The van der Waals surface area contributed by atoms with Gasteiger partial charge in [0, 0.05) is 0 Å². The van der Waals surface area contributed by atoms with Gasteiger partial charge < -0.3 is 10.8 Å². The Morgan fingerprint density at radius 3 is 2.17 bits per heavy atom. The predicted molar refractivity (Wildman–Crippen MR) is 49.7 cm³/mol. The number of benzene rings is 1. The van der Waals surface area contributed by atoms with E-state index in [4.69, 9.17) is 5.73 Å². The lowest BCUT2D eigenvalue weighted by molar-refractivity contribution is 0.0517. The first kappa shape index (κ1) is 9.23.